The molecule has 1 aromatic carbocycles. The standard InChI is InChI=1S/C24H20F6N4O2S/c25-23(26,27)15-9-16(24(28,29)30)11-17(10-15)32-20(35)13-37-21-18-3-1-2-4-19(18)34(22(36)33-21)12-14-5-7-31-8-6-14/h5-11H,1-4,12-13H2,(H,32,35). The summed E-state index contributed by atoms with van der Waals surface area (Å²) in [5.41, 5.74) is -1.71. The molecule has 0 aliphatic heterocycles. The van der Waals surface area contributed by atoms with Crippen molar-refractivity contribution < 1.29 is 31.1 Å². The smallest absolute Gasteiger partial charge is 0.325 e. The first-order valence-corrected chi connectivity index (χ1v) is 12.1. The SMILES string of the molecule is O=C(CSc1nc(=O)n(Cc2ccncc2)c2c1CCCC2)Nc1cc(C(F)(F)F)cc(C(F)(F)F)c1. The normalized spacial score (nSPS) is 13.8. The Kier molecular flexibility index (Phi) is 7.62. The van der Waals surface area contributed by atoms with Crippen LogP contribution in [-0.4, -0.2) is 26.2 Å². The fourth-order valence-corrected chi connectivity index (χ4v) is 4.94. The minimum absolute atomic E-state index is 0.0123. The molecule has 4 rings (SSSR count). The summed E-state index contributed by atoms with van der Waals surface area (Å²) >= 11 is 0.920. The highest BCUT2D eigenvalue weighted by atomic mass is 32.2. The minimum Gasteiger partial charge on any atom is -0.325 e. The van der Waals surface area contributed by atoms with Crippen LogP contribution in [0, 0.1) is 0 Å². The maximum absolute atomic E-state index is 13.1. The van der Waals surface area contributed by atoms with Gasteiger partial charge in [0, 0.05) is 29.3 Å². The molecule has 1 aliphatic carbocycles. The third kappa shape index (κ3) is 6.51. The molecule has 0 spiro atoms. The molecule has 1 amide bonds. The number of amides is 1. The maximum Gasteiger partial charge on any atom is 0.416 e. The van der Waals surface area contributed by atoms with Crippen LogP contribution >= 0.6 is 11.8 Å². The number of carbonyl (C=O) groups excluding carboxylic acids is 1. The number of hydrogen-bond acceptors (Lipinski definition) is 5. The third-order valence-electron chi connectivity index (χ3n) is 5.75. The van der Waals surface area contributed by atoms with Crippen molar-refractivity contribution >= 4 is 23.4 Å². The quantitative estimate of drug-likeness (QED) is 0.259. The fraction of sp³-hybridized carbons (Fsp3) is 0.333. The van der Waals surface area contributed by atoms with Gasteiger partial charge in [-0.3, -0.25) is 14.3 Å². The van der Waals surface area contributed by atoms with Gasteiger partial charge in [0.1, 0.15) is 5.03 Å². The highest BCUT2D eigenvalue weighted by molar-refractivity contribution is 8.00. The van der Waals surface area contributed by atoms with E-state index in [0.717, 1.165) is 41.4 Å². The topological polar surface area (TPSA) is 76.9 Å². The van der Waals surface area contributed by atoms with Gasteiger partial charge >= 0.3 is 18.0 Å². The van der Waals surface area contributed by atoms with Crippen molar-refractivity contribution in [2.75, 3.05) is 11.1 Å². The van der Waals surface area contributed by atoms with Gasteiger partial charge in [0.05, 0.1) is 23.4 Å². The number of nitrogens with zero attached hydrogens (tertiary/aromatic N) is 3. The largest absolute Gasteiger partial charge is 0.416 e. The van der Waals surface area contributed by atoms with E-state index in [1.807, 2.05) is 0 Å². The van der Waals surface area contributed by atoms with Crippen molar-refractivity contribution in [3.63, 3.8) is 0 Å². The summed E-state index contributed by atoms with van der Waals surface area (Å²) in [6, 6.07) is 4.44. The average Bonchev–Trinajstić information content (AvgIpc) is 2.84. The first kappa shape index (κ1) is 26.7. The lowest BCUT2D eigenvalue weighted by molar-refractivity contribution is -0.143. The number of fused-ring (bicyclic) bond motifs is 1. The first-order valence-electron chi connectivity index (χ1n) is 11.2. The molecule has 0 bridgehead atoms. The van der Waals surface area contributed by atoms with E-state index in [1.165, 1.54) is 0 Å². The molecule has 2 aromatic heterocycles. The molecular formula is C24H20F6N4O2S. The number of rotatable bonds is 6. The van der Waals surface area contributed by atoms with Crippen LogP contribution in [0.15, 0.2) is 52.5 Å². The van der Waals surface area contributed by atoms with Gasteiger partial charge in [-0.05, 0) is 61.6 Å². The highest BCUT2D eigenvalue weighted by Crippen LogP contribution is 2.37. The molecule has 0 radical (unpaired) electrons. The van der Waals surface area contributed by atoms with E-state index in [1.54, 1.807) is 29.1 Å². The van der Waals surface area contributed by atoms with Crippen molar-refractivity contribution in [2.24, 2.45) is 0 Å². The Labute approximate surface area is 211 Å². The van der Waals surface area contributed by atoms with Crippen LogP contribution in [0.1, 0.15) is 40.8 Å². The molecular weight excluding hydrogens is 522 g/mol. The Bertz CT molecular complexity index is 1320. The first-order chi connectivity index (χ1) is 17.4. The lowest BCUT2D eigenvalue weighted by Crippen LogP contribution is -2.30. The van der Waals surface area contributed by atoms with Gasteiger partial charge in [-0.15, -0.1) is 0 Å². The van der Waals surface area contributed by atoms with E-state index in [4.69, 9.17) is 0 Å². The average molecular weight is 543 g/mol. The number of benzene rings is 1. The summed E-state index contributed by atoms with van der Waals surface area (Å²) < 4.78 is 80.1. The van der Waals surface area contributed by atoms with Crippen LogP contribution < -0.4 is 11.0 Å². The number of hydrogen-bond donors (Lipinski definition) is 1. The predicted octanol–water partition coefficient (Wildman–Crippen LogP) is 5.33. The molecule has 0 atom stereocenters. The van der Waals surface area contributed by atoms with Crippen molar-refractivity contribution in [3.05, 3.63) is 81.2 Å². The van der Waals surface area contributed by atoms with Gasteiger partial charge in [-0.2, -0.15) is 31.3 Å². The number of nitrogens with one attached hydrogen (secondary N) is 1. The summed E-state index contributed by atoms with van der Waals surface area (Å²) in [5.74, 6) is -1.19. The second-order valence-corrected chi connectivity index (χ2v) is 9.37. The van der Waals surface area contributed by atoms with Crippen LogP contribution in [0.3, 0.4) is 0 Å². The van der Waals surface area contributed by atoms with Crippen molar-refractivity contribution in [2.45, 2.75) is 49.6 Å². The van der Waals surface area contributed by atoms with Gasteiger partial charge in [0.15, 0.2) is 0 Å². The predicted molar refractivity (Wildman–Crippen MR) is 124 cm³/mol. The summed E-state index contributed by atoms with van der Waals surface area (Å²) in [7, 11) is 0. The van der Waals surface area contributed by atoms with Crippen LogP contribution in [0.4, 0.5) is 32.0 Å². The summed E-state index contributed by atoms with van der Waals surface area (Å²) in [6.45, 7) is 0.305. The molecule has 196 valence electrons. The van der Waals surface area contributed by atoms with Gasteiger partial charge in [0.25, 0.3) is 0 Å². The number of carbonyl (C=O) groups is 1. The van der Waals surface area contributed by atoms with Crippen molar-refractivity contribution in [1.29, 1.82) is 0 Å². The van der Waals surface area contributed by atoms with Gasteiger partial charge in [-0.1, -0.05) is 11.8 Å². The van der Waals surface area contributed by atoms with Gasteiger partial charge < -0.3 is 5.32 Å². The highest BCUT2D eigenvalue weighted by Gasteiger charge is 2.37. The minimum atomic E-state index is -5.03. The van der Waals surface area contributed by atoms with Gasteiger partial charge in [0.2, 0.25) is 5.91 Å². The van der Waals surface area contributed by atoms with E-state index >= 15 is 0 Å². The van der Waals surface area contributed by atoms with E-state index in [9.17, 15) is 35.9 Å². The van der Waals surface area contributed by atoms with Crippen LogP contribution in [0.2, 0.25) is 0 Å². The number of thioether (sulfide) groups is 1. The Balaban J connectivity index is 1.54. The number of alkyl halides is 6. The zero-order valence-electron chi connectivity index (χ0n) is 19.1. The number of pyridine rings is 1. The maximum atomic E-state index is 13.1. The second kappa shape index (κ2) is 10.6. The number of halogens is 6. The summed E-state index contributed by atoms with van der Waals surface area (Å²) in [6.07, 6.45) is -3.83. The van der Waals surface area contributed by atoms with Crippen molar-refractivity contribution in [3.8, 4) is 0 Å². The second-order valence-electron chi connectivity index (χ2n) is 8.40. The Morgan fingerprint density at radius 2 is 1.59 bits per heavy atom. The van der Waals surface area contributed by atoms with Crippen LogP contribution in [-0.2, 0) is 36.5 Å². The molecule has 0 fully saturated rings. The zero-order chi connectivity index (χ0) is 26.8. The molecule has 6 nitrogen and oxygen atoms in total. The Hall–Kier alpha value is -3.35. The Morgan fingerprint density at radius 3 is 2.22 bits per heavy atom. The molecule has 3 aromatic rings. The molecule has 37 heavy (non-hydrogen) atoms. The Morgan fingerprint density at radius 1 is 0.973 bits per heavy atom. The monoisotopic (exact) mass is 542 g/mol. The molecule has 0 unspecified atom stereocenters. The van der Waals surface area contributed by atoms with Crippen LogP contribution in [0.25, 0.3) is 0 Å². The van der Waals surface area contributed by atoms with Crippen molar-refractivity contribution in [1.82, 2.24) is 14.5 Å². The molecule has 0 saturated carbocycles. The van der Waals surface area contributed by atoms with E-state index in [-0.39, 0.29) is 11.8 Å². The number of aromatic nitrogens is 3. The molecule has 1 aliphatic rings. The molecule has 1 N–H and O–H groups in total. The molecule has 13 heteroatoms. The number of anilines is 1. The van der Waals surface area contributed by atoms with E-state index in [0.29, 0.717) is 36.5 Å². The third-order valence-corrected chi connectivity index (χ3v) is 6.77. The van der Waals surface area contributed by atoms with Crippen LogP contribution in [0.5, 0.6) is 0 Å². The summed E-state index contributed by atoms with van der Waals surface area (Å²) in [5, 5.41) is 2.43. The molecule has 2 heterocycles. The molecule has 0 saturated heterocycles. The summed E-state index contributed by atoms with van der Waals surface area (Å²) in [4.78, 5) is 33.4. The van der Waals surface area contributed by atoms with E-state index in [2.05, 4.69) is 15.3 Å². The lowest BCUT2D eigenvalue weighted by Gasteiger charge is -2.22. The van der Waals surface area contributed by atoms with Gasteiger partial charge in [-0.25, -0.2) is 4.79 Å². The fourth-order valence-electron chi connectivity index (χ4n) is 4.06. The zero-order valence-corrected chi connectivity index (χ0v) is 19.9. The lowest BCUT2D eigenvalue weighted by atomic mass is 9.97. The van der Waals surface area contributed by atoms with E-state index < -0.39 is 40.8 Å².